The second-order valence-electron chi connectivity index (χ2n) is 4.88. The van der Waals surface area contributed by atoms with Crippen LogP contribution in [-0.2, 0) is 6.54 Å². The van der Waals surface area contributed by atoms with Gasteiger partial charge in [0.2, 0.25) is 0 Å². The molecule has 0 saturated carbocycles. The molecule has 0 aliphatic carbocycles. The maximum absolute atomic E-state index is 5.76. The fraction of sp³-hybridized carbons (Fsp3) is 0.571. The smallest absolute Gasteiger partial charge is 0.0527 e. The summed E-state index contributed by atoms with van der Waals surface area (Å²) in [4.78, 5) is 0. The predicted octanol–water partition coefficient (Wildman–Crippen LogP) is 4.30. The van der Waals surface area contributed by atoms with E-state index in [9.17, 15) is 0 Å². The summed E-state index contributed by atoms with van der Waals surface area (Å²) in [6, 6.07) is 9.27. The molecular formula is C14H21ClN2S. The third-order valence-corrected chi connectivity index (χ3v) is 4.71. The zero-order chi connectivity index (χ0) is 13.0. The van der Waals surface area contributed by atoms with Crippen LogP contribution in [0.2, 0.25) is 0 Å². The molecule has 1 aliphatic rings. The number of unbranched alkanes of at least 4 members (excludes halogenated alkanes) is 1. The molecule has 0 spiro atoms. The van der Waals surface area contributed by atoms with Crippen molar-refractivity contribution in [2.45, 2.75) is 39.3 Å². The SMILES string of the molecule is CC(C)N1Cc2ccccc2N(CCCCCl)S1. The van der Waals surface area contributed by atoms with Gasteiger partial charge in [0.25, 0.3) is 0 Å². The highest BCUT2D eigenvalue weighted by atomic mass is 35.5. The number of hydrogen-bond donors (Lipinski definition) is 0. The van der Waals surface area contributed by atoms with Gasteiger partial charge in [0.05, 0.1) is 5.69 Å². The van der Waals surface area contributed by atoms with Crippen LogP contribution in [0.15, 0.2) is 24.3 Å². The van der Waals surface area contributed by atoms with Gasteiger partial charge in [-0.2, -0.15) is 0 Å². The number of nitrogens with zero attached hydrogens (tertiary/aromatic N) is 2. The van der Waals surface area contributed by atoms with Crippen molar-refractivity contribution in [2.24, 2.45) is 0 Å². The van der Waals surface area contributed by atoms with Gasteiger partial charge in [0.1, 0.15) is 0 Å². The Bertz CT molecular complexity index is 384. The van der Waals surface area contributed by atoms with E-state index in [0.29, 0.717) is 6.04 Å². The molecule has 0 aromatic heterocycles. The Morgan fingerprint density at radius 3 is 2.78 bits per heavy atom. The average molecular weight is 285 g/mol. The van der Waals surface area contributed by atoms with E-state index >= 15 is 0 Å². The lowest BCUT2D eigenvalue weighted by Gasteiger charge is -2.38. The Hall–Kier alpha value is -0.380. The minimum absolute atomic E-state index is 0.555. The number of hydrogen-bond acceptors (Lipinski definition) is 3. The Labute approximate surface area is 120 Å². The van der Waals surface area contributed by atoms with Crippen LogP contribution in [0.1, 0.15) is 32.3 Å². The van der Waals surface area contributed by atoms with Crippen molar-refractivity contribution in [1.82, 2.24) is 4.31 Å². The zero-order valence-corrected chi connectivity index (χ0v) is 12.7. The third-order valence-electron chi connectivity index (χ3n) is 3.11. The van der Waals surface area contributed by atoms with E-state index < -0.39 is 0 Å². The van der Waals surface area contributed by atoms with E-state index in [1.165, 1.54) is 11.3 Å². The van der Waals surface area contributed by atoms with Gasteiger partial charge in [0.15, 0.2) is 0 Å². The van der Waals surface area contributed by atoms with E-state index in [0.717, 1.165) is 31.8 Å². The standard InChI is InChI=1S/C14H21ClN2S/c1-12(2)17-11-13-7-3-4-8-14(13)16(18-17)10-6-5-9-15/h3-4,7-8,12H,5-6,9-11H2,1-2H3. The highest BCUT2D eigenvalue weighted by molar-refractivity contribution is 7.98. The number of para-hydroxylation sites is 1. The second kappa shape index (κ2) is 6.69. The van der Waals surface area contributed by atoms with Crippen LogP contribution < -0.4 is 4.31 Å². The number of fused-ring (bicyclic) bond motifs is 1. The molecule has 0 amide bonds. The molecule has 0 fully saturated rings. The summed E-state index contributed by atoms with van der Waals surface area (Å²) in [5.74, 6) is 0.758. The molecule has 2 nitrogen and oxygen atoms in total. The third kappa shape index (κ3) is 3.34. The van der Waals surface area contributed by atoms with Gasteiger partial charge < -0.3 is 4.31 Å². The van der Waals surface area contributed by atoms with Gasteiger partial charge in [-0.25, -0.2) is 4.31 Å². The summed E-state index contributed by atoms with van der Waals surface area (Å²) in [6.45, 7) is 6.60. The number of anilines is 1. The van der Waals surface area contributed by atoms with E-state index in [-0.39, 0.29) is 0 Å². The molecule has 0 unspecified atom stereocenters. The van der Waals surface area contributed by atoms with Gasteiger partial charge in [-0.15, -0.1) is 11.6 Å². The molecule has 1 aliphatic heterocycles. The van der Waals surface area contributed by atoms with Crippen molar-refractivity contribution in [3.8, 4) is 0 Å². The first-order valence-corrected chi connectivity index (χ1v) is 7.85. The molecule has 0 saturated heterocycles. The Morgan fingerprint density at radius 2 is 2.06 bits per heavy atom. The first-order valence-electron chi connectivity index (χ1n) is 6.58. The van der Waals surface area contributed by atoms with Crippen LogP contribution in [0.5, 0.6) is 0 Å². The lowest BCUT2D eigenvalue weighted by Crippen LogP contribution is -2.35. The van der Waals surface area contributed by atoms with E-state index in [1.54, 1.807) is 0 Å². The molecule has 0 N–H and O–H groups in total. The van der Waals surface area contributed by atoms with Crippen molar-refractivity contribution in [2.75, 3.05) is 16.7 Å². The van der Waals surface area contributed by atoms with Gasteiger partial charge in [0, 0.05) is 37.1 Å². The summed E-state index contributed by atoms with van der Waals surface area (Å²) >= 11 is 7.62. The van der Waals surface area contributed by atoms with Gasteiger partial charge in [-0.05, 0) is 38.3 Å². The number of halogens is 1. The molecule has 0 atom stereocenters. The Balaban J connectivity index is 2.12. The van der Waals surface area contributed by atoms with E-state index in [4.69, 9.17) is 11.6 Å². The first kappa shape index (κ1) is 14.0. The van der Waals surface area contributed by atoms with E-state index in [1.807, 2.05) is 12.1 Å². The summed E-state index contributed by atoms with van der Waals surface area (Å²) in [5, 5.41) is 0. The molecule has 100 valence electrons. The van der Waals surface area contributed by atoms with Crippen molar-refractivity contribution < 1.29 is 0 Å². The monoisotopic (exact) mass is 284 g/mol. The number of alkyl halides is 1. The summed E-state index contributed by atoms with van der Waals surface area (Å²) in [6.07, 6.45) is 2.24. The Kier molecular flexibility index (Phi) is 5.22. The van der Waals surface area contributed by atoms with Gasteiger partial charge in [-0.1, -0.05) is 18.2 Å². The van der Waals surface area contributed by atoms with Crippen molar-refractivity contribution in [3.05, 3.63) is 29.8 Å². The topological polar surface area (TPSA) is 6.48 Å². The maximum Gasteiger partial charge on any atom is 0.0527 e. The molecule has 4 heteroatoms. The fourth-order valence-electron chi connectivity index (χ4n) is 2.04. The van der Waals surface area contributed by atoms with Crippen LogP contribution in [-0.4, -0.2) is 22.8 Å². The molecule has 1 aromatic rings. The van der Waals surface area contributed by atoms with Crippen LogP contribution in [0.3, 0.4) is 0 Å². The largest absolute Gasteiger partial charge is 0.303 e. The van der Waals surface area contributed by atoms with E-state index in [2.05, 4.69) is 46.7 Å². The lowest BCUT2D eigenvalue weighted by atomic mass is 10.1. The van der Waals surface area contributed by atoms with Crippen molar-refractivity contribution >= 4 is 29.4 Å². The van der Waals surface area contributed by atoms with Crippen molar-refractivity contribution in [1.29, 1.82) is 0 Å². The van der Waals surface area contributed by atoms with Crippen LogP contribution >= 0.6 is 23.7 Å². The first-order chi connectivity index (χ1) is 8.72. The van der Waals surface area contributed by atoms with Gasteiger partial charge in [-0.3, -0.25) is 0 Å². The highest BCUT2D eigenvalue weighted by Crippen LogP contribution is 2.37. The van der Waals surface area contributed by atoms with Crippen LogP contribution in [0.4, 0.5) is 5.69 Å². The maximum atomic E-state index is 5.76. The molecule has 1 heterocycles. The normalized spacial score (nSPS) is 16.1. The van der Waals surface area contributed by atoms with Crippen molar-refractivity contribution in [3.63, 3.8) is 0 Å². The molecule has 2 rings (SSSR count). The minimum Gasteiger partial charge on any atom is -0.303 e. The summed E-state index contributed by atoms with van der Waals surface area (Å²) in [5.41, 5.74) is 2.80. The highest BCUT2D eigenvalue weighted by Gasteiger charge is 2.24. The average Bonchev–Trinajstić information content (AvgIpc) is 2.38. The molecule has 1 aromatic carbocycles. The summed E-state index contributed by atoms with van der Waals surface area (Å²) in [7, 11) is 0. The quantitative estimate of drug-likeness (QED) is 0.452. The number of rotatable bonds is 5. The fourth-order valence-corrected chi connectivity index (χ4v) is 3.35. The summed E-state index contributed by atoms with van der Waals surface area (Å²) < 4.78 is 4.84. The minimum atomic E-state index is 0.555. The van der Waals surface area contributed by atoms with Crippen LogP contribution in [0, 0.1) is 0 Å². The zero-order valence-electron chi connectivity index (χ0n) is 11.1. The van der Waals surface area contributed by atoms with Crippen LogP contribution in [0.25, 0.3) is 0 Å². The molecule has 18 heavy (non-hydrogen) atoms. The molecular weight excluding hydrogens is 264 g/mol. The molecule has 0 bridgehead atoms. The second-order valence-corrected chi connectivity index (χ2v) is 6.33. The molecule has 0 radical (unpaired) electrons. The predicted molar refractivity (Wildman–Crippen MR) is 82.0 cm³/mol. The number of benzene rings is 1. The Morgan fingerprint density at radius 1 is 1.28 bits per heavy atom. The van der Waals surface area contributed by atoms with Gasteiger partial charge >= 0.3 is 0 Å². The lowest BCUT2D eigenvalue weighted by molar-refractivity contribution is 0.385.